The Balaban J connectivity index is 1.41. The Hall–Kier alpha value is -2.94. The molecule has 2 aliphatic rings. The molecule has 1 aromatic carbocycles. The number of carbonyl (C=O) groups is 2. The number of anilines is 1. The maximum absolute atomic E-state index is 13.7. The van der Waals surface area contributed by atoms with Crippen LogP contribution in [-0.2, 0) is 14.3 Å². The standard InChI is InChI=1S/C22H23F2N3O4/c1-30-22(29)18-11-19(26-12-25-18)27-5-2-13(3-6-27)20(28)21-17(4-7-31-21)14-8-15(23)10-16(24)9-14/h8-13,17,21H,2-7H2,1H3/t17-,21?/m0/s1. The molecule has 164 valence electrons. The molecular formula is C22H23F2N3O4. The minimum absolute atomic E-state index is 0.0234. The van der Waals surface area contributed by atoms with E-state index in [4.69, 9.17) is 9.47 Å². The summed E-state index contributed by atoms with van der Waals surface area (Å²) in [6, 6.07) is 4.95. The monoisotopic (exact) mass is 431 g/mol. The van der Waals surface area contributed by atoms with Gasteiger partial charge >= 0.3 is 5.97 Å². The number of halogens is 2. The van der Waals surface area contributed by atoms with Crippen LogP contribution in [0.3, 0.4) is 0 Å². The van der Waals surface area contributed by atoms with Crippen LogP contribution in [0.1, 0.15) is 41.2 Å². The molecule has 1 unspecified atom stereocenters. The van der Waals surface area contributed by atoms with E-state index in [9.17, 15) is 18.4 Å². The maximum atomic E-state index is 13.7. The lowest BCUT2D eigenvalue weighted by Crippen LogP contribution is -2.41. The molecule has 2 aromatic rings. The second-order valence-corrected chi connectivity index (χ2v) is 7.81. The Morgan fingerprint density at radius 1 is 1.06 bits per heavy atom. The number of hydrogen-bond acceptors (Lipinski definition) is 7. The van der Waals surface area contributed by atoms with Crippen LogP contribution in [0.2, 0.25) is 0 Å². The van der Waals surface area contributed by atoms with Crippen molar-refractivity contribution in [2.45, 2.75) is 31.3 Å². The van der Waals surface area contributed by atoms with E-state index < -0.39 is 23.7 Å². The van der Waals surface area contributed by atoms with E-state index >= 15 is 0 Å². The van der Waals surface area contributed by atoms with Gasteiger partial charge in [0.05, 0.1) is 7.11 Å². The summed E-state index contributed by atoms with van der Waals surface area (Å²) < 4.78 is 37.7. The first kappa shape index (κ1) is 21.3. The Bertz CT molecular complexity index is 959. The third-order valence-electron chi connectivity index (χ3n) is 5.95. The van der Waals surface area contributed by atoms with Gasteiger partial charge in [-0.25, -0.2) is 23.5 Å². The molecule has 0 bridgehead atoms. The van der Waals surface area contributed by atoms with Gasteiger partial charge in [0.2, 0.25) is 0 Å². The molecule has 2 saturated heterocycles. The smallest absolute Gasteiger partial charge is 0.356 e. The first-order chi connectivity index (χ1) is 15.0. The minimum atomic E-state index is -0.692. The van der Waals surface area contributed by atoms with Crippen LogP contribution in [0.25, 0.3) is 0 Å². The third kappa shape index (κ3) is 4.56. The number of ether oxygens (including phenoxy) is 2. The second-order valence-electron chi connectivity index (χ2n) is 7.81. The number of rotatable bonds is 5. The van der Waals surface area contributed by atoms with Crippen molar-refractivity contribution in [2.24, 2.45) is 5.92 Å². The van der Waals surface area contributed by atoms with Crippen molar-refractivity contribution in [3.8, 4) is 0 Å². The number of ketones is 1. The molecule has 0 amide bonds. The molecule has 1 aromatic heterocycles. The molecule has 0 spiro atoms. The Labute approximate surface area is 178 Å². The average Bonchev–Trinajstić information content (AvgIpc) is 3.27. The first-order valence-electron chi connectivity index (χ1n) is 10.2. The molecule has 4 rings (SSSR count). The molecule has 0 aliphatic carbocycles. The SMILES string of the molecule is COC(=O)c1cc(N2CCC(C(=O)C3OCC[C@H]3c3cc(F)cc(F)c3)CC2)ncn1. The predicted octanol–water partition coefficient (Wildman–Crippen LogP) is 2.90. The van der Waals surface area contributed by atoms with Crippen LogP contribution in [0, 0.1) is 17.6 Å². The van der Waals surface area contributed by atoms with Crippen LogP contribution < -0.4 is 4.90 Å². The Morgan fingerprint density at radius 3 is 2.45 bits per heavy atom. The summed E-state index contributed by atoms with van der Waals surface area (Å²) in [6.45, 7) is 1.55. The van der Waals surface area contributed by atoms with E-state index in [0.29, 0.717) is 50.3 Å². The van der Waals surface area contributed by atoms with E-state index in [2.05, 4.69) is 9.97 Å². The van der Waals surface area contributed by atoms with Gasteiger partial charge in [-0.2, -0.15) is 0 Å². The Kier molecular flexibility index (Phi) is 6.22. The molecule has 2 atom stereocenters. The quantitative estimate of drug-likeness (QED) is 0.674. The Morgan fingerprint density at radius 2 is 1.77 bits per heavy atom. The van der Waals surface area contributed by atoms with Gasteiger partial charge in [0.15, 0.2) is 11.5 Å². The zero-order chi connectivity index (χ0) is 22.0. The third-order valence-corrected chi connectivity index (χ3v) is 5.95. The number of benzene rings is 1. The lowest BCUT2D eigenvalue weighted by molar-refractivity contribution is -0.133. The van der Waals surface area contributed by atoms with Crippen LogP contribution in [-0.4, -0.2) is 54.6 Å². The van der Waals surface area contributed by atoms with E-state index in [-0.39, 0.29) is 23.3 Å². The summed E-state index contributed by atoms with van der Waals surface area (Å²) >= 11 is 0. The number of hydrogen-bond donors (Lipinski definition) is 0. The average molecular weight is 431 g/mol. The highest BCUT2D eigenvalue weighted by atomic mass is 19.1. The molecule has 0 saturated carbocycles. The molecule has 2 aliphatic heterocycles. The zero-order valence-electron chi connectivity index (χ0n) is 17.1. The molecule has 0 N–H and O–H groups in total. The number of nitrogens with zero attached hydrogens (tertiary/aromatic N) is 3. The van der Waals surface area contributed by atoms with Crippen molar-refractivity contribution in [2.75, 3.05) is 31.7 Å². The van der Waals surface area contributed by atoms with Crippen molar-refractivity contribution in [1.82, 2.24) is 9.97 Å². The van der Waals surface area contributed by atoms with Gasteiger partial charge in [0.1, 0.15) is 29.9 Å². The highest BCUT2D eigenvalue weighted by molar-refractivity contribution is 5.88. The number of carbonyl (C=O) groups excluding carboxylic acids is 2. The first-order valence-corrected chi connectivity index (χ1v) is 10.2. The highest BCUT2D eigenvalue weighted by Gasteiger charge is 2.39. The molecule has 2 fully saturated rings. The van der Waals surface area contributed by atoms with Crippen molar-refractivity contribution < 1.29 is 27.8 Å². The number of methoxy groups -OCH3 is 1. The summed E-state index contributed by atoms with van der Waals surface area (Å²) in [7, 11) is 1.29. The molecule has 9 heteroatoms. The summed E-state index contributed by atoms with van der Waals surface area (Å²) in [5.41, 5.74) is 0.636. The molecule has 3 heterocycles. The number of aromatic nitrogens is 2. The van der Waals surface area contributed by atoms with Gasteiger partial charge in [-0.05, 0) is 37.0 Å². The van der Waals surface area contributed by atoms with Gasteiger partial charge in [-0.15, -0.1) is 0 Å². The zero-order valence-corrected chi connectivity index (χ0v) is 17.1. The number of Topliss-reactive ketones (excluding diaryl/α,β-unsaturated/α-hetero) is 1. The predicted molar refractivity (Wildman–Crippen MR) is 107 cm³/mol. The molecular weight excluding hydrogens is 408 g/mol. The van der Waals surface area contributed by atoms with E-state index in [1.54, 1.807) is 6.07 Å². The summed E-state index contributed by atoms with van der Waals surface area (Å²) in [5.74, 6) is -1.82. The molecule has 7 nitrogen and oxygen atoms in total. The van der Waals surface area contributed by atoms with Gasteiger partial charge in [0.25, 0.3) is 0 Å². The second kappa shape index (κ2) is 9.05. The highest BCUT2D eigenvalue weighted by Crippen LogP contribution is 2.36. The van der Waals surface area contributed by atoms with Gasteiger partial charge in [-0.1, -0.05) is 0 Å². The van der Waals surface area contributed by atoms with Crippen LogP contribution >= 0.6 is 0 Å². The fraction of sp³-hybridized carbons (Fsp3) is 0.455. The van der Waals surface area contributed by atoms with Crippen LogP contribution in [0.4, 0.5) is 14.6 Å². The lowest BCUT2D eigenvalue weighted by Gasteiger charge is -2.33. The topological polar surface area (TPSA) is 81.6 Å². The van der Waals surface area contributed by atoms with E-state index in [1.165, 1.54) is 25.6 Å². The largest absolute Gasteiger partial charge is 0.464 e. The maximum Gasteiger partial charge on any atom is 0.356 e. The van der Waals surface area contributed by atoms with Gasteiger partial charge < -0.3 is 14.4 Å². The summed E-state index contributed by atoms with van der Waals surface area (Å²) in [6.07, 6.45) is 2.37. The van der Waals surface area contributed by atoms with Gasteiger partial charge in [-0.3, -0.25) is 4.79 Å². The van der Waals surface area contributed by atoms with E-state index in [1.807, 2.05) is 4.90 Å². The van der Waals surface area contributed by atoms with Crippen LogP contribution in [0.5, 0.6) is 0 Å². The van der Waals surface area contributed by atoms with E-state index in [0.717, 1.165) is 6.07 Å². The van der Waals surface area contributed by atoms with Crippen molar-refractivity contribution in [3.63, 3.8) is 0 Å². The fourth-order valence-electron chi connectivity index (χ4n) is 4.36. The van der Waals surface area contributed by atoms with Crippen LogP contribution in [0.15, 0.2) is 30.6 Å². The number of esters is 1. The summed E-state index contributed by atoms with van der Waals surface area (Å²) in [4.78, 5) is 35.0. The lowest BCUT2D eigenvalue weighted by atomic mass is 9.83. The normalized spacial score (nSPS) is 21.8. The minimum Gasteiger partial charge on any atom is -0.464 e. The number of piperidine rings is 1. The van der Waals surface area contributed by atoms with Crippen molar-refractivity contribution in [1.29, 1.82) is 0 Å². The summed E-state index contributed by atoms with van der Waals surface area (Å²) in [5, 5.41) is 0. The van der Waals surface area contributed by atoms with Crippen molar-refractivity contribution >= 4 is 17.6 Å². The van der Waals surface area contributed by atoms with Gasteiger partial charge in [0, 0.05) is 43.7 Å². The fourth-order valence-corrected chi connectivity index (χ4v) is 4.36. The van der Waals surface area contributed by atoms with Crippen molar-refractivity contribution in [3.05, 3.63) is 53.5 Å². The molecule has 31 heavy (non-hydrogen) atoms. The molecule has 0 radical (unpaired) electrons.